The van der Waals surface area contributed by atoms with Gasteiger partial charge in [-0.3, -0.25) is 4.90 Å². The van der Waals surface area contributed by atoms with E-state index in [0.29, 0.717) is 6.10 Å². The Morgan fingerprint density at radius 2 is 2.00 bits per heavy atom. The predicted octanol–water partition coefficient (Wildman–Crippen LogP) is 2.93. The van der Waals surface area contributed by atoms with Gasteiger partial charge in [0.1, 0.15) is 0 Å². The highest BCUT2D eigenvalue weighted by atomic mass is 16.5. The van der Waals surface area contributed by atoms with Crippen molar-refractivity contribution in [3.8, 4) is 0 Å². The molecule has 1 heterocycles. The standard InChI is InChI=1S/C16H32N2O/c1-3-8-14-9-5-7-12-18(14)16(13-17)11-6-4-10-15(16)19-2/h14-15H,3-13,17H2,1-2H3. The zero-order chi connectivity index (χ0) is 13.7. The molecule has 0 radical (unpaired) electrons. The zero-order valence-electron chi connectivity index (χ0n) is 12.9. The Balaban J connectivity index is 2.20. The van der Waals surface area contributed by atoms with Gasteiger partial charge in [0.25, 0.3) is 0 Å². The average molecular weight is 268 g/mol. The number of rotatable bonds is 5. The van der Waals surface area contributed by atoms with Crippen LogP contribution in [-0.4, -0.2) is 42.8 Å². The first kappa shape index (κ1) is 15.3. The molecule has 2 N–H and O–H groups in total. The van der Waals surface area contributed by atoms with E-state index in [1.807, 2.05) is 7.11 Å². The molecule has 0 aromatic carbocycles. The molecule has 112 valence electrons. The summed E-state index contributed by atoms with van der Waals surface area (Å²) in [6.07, 6.45) is 12.0. The lowest BCUT2D eigenvalue weighted by atomic mass is 9.75. The fourth-order valence-corrected chi connectivity index (χ4v) is 4.43. The fraction of sp³-hybridized carbons (Fsp3) is 1.00. The first-order valence-corrected chi connectivity index (χ1v) is 8.28. The van der Waals surface area contributed by atoms with Crippen molar-refractivity contribution in [2.45, 2.75) is 82.4 Å². The van der Waals surface area contributed by atoms with Crippen molar-refractivity contribution >= 4 is 0 Å². The summed E-state index contributed by atoms with van der Waals surface area (Å²) in [5.74, 6) is 0. The molecule has 2 fully saturated rings. The minimum Gasteiger partial charge on any atom is -0.379 e. The summed E-state index contributed by atoms with van der Waals surface area (Å²) in [7, 11) is 1.87. The highest BCUT2D eigenvalue weighted by Crippen LogP contribution is 2.39. The summed E-state index contributed by atoms with van der Waals surface area (Å²) >= 11 is 0. The van der Waals surface area contributed by atoms with Crippen LogP contribution in [0.3, 0.4) is 0 Å². The van der Waals surface area contributed by atoms with E-state index < -0.39 is 0 Å². The third-order valence-corrected chi connectivity index (χ3v) is 5.38. The molecule has 0 spiro atoms. The van der Waals surface area contributed by atoms with Crippen LogP contribution in [0.5, 0.6) is 0 Å². The maximum absolute atomic E-state index is 6.27. The third kappa shape index (κ3) is 2.98. The van der Waals surface area contributed by atoms with Gasteiger partial charge in [-0.25, -0.2) is 0 Å². The van der Waals surface area contributed by atoms with E-state index in [4.69, 9.17) is 10.5 Å². The normalized spacial score (nSPS) is 37.4. The van der Waals surface area contributed by atoms with E-state index >= 15 is 0 Å². The van der Waals surface area contributed by atoms with Gasteiger partial charge in [-0.1, -0.05) is 32.6 Å². The quantitative estimate of drug-likeness (QED) is 0.833. The molecule has 1 aliphatic heterocycles. The molecular formula is C16H32N2O. The van der Waals surface area contributed by atoms with Crippen LogP contribution in [0.15, 0.2) is 0 Å². The highest BCUT2D eigenvalue weighted by Gasteiger charge is 2.47. The molecule has 3 nitrogen and oxygen atoms in total. The Labute approximate surface area is 118 Å². The molecule has 3 heteroatoms. The summed E-state index contributed by atoms with van der Waals surface area (Å²) in [5, 5.41) is 0. The molecule has 0 bridgehead atoms. The number of ether oxygens (including phenoxy) is 1. The number of piperidine rings is 1. The third-order valence-electron chi connectivity index (χ3n) is 5.38. The minimum absolute atomic E-state index is 0.118. The minimum atomic E-state index is 0.118. The van der Waals surface area contributed by atoms with E-state index in [1.165, 1.54) is 64.3 Å². The molecule has 1 saturated carbocycles. The van der Waals surface area contributed by atoms with Gasteiger partial charge in [-0.2, -0.15) is 0 Å². The number of nitrogens with zero attached hydrogens (tertiary/aromatic N) is 1. The molecule has 2 rings (SSSR count). The van der Waals surface area contributed by atoms with Crippen LogP contribution in [0, 0.1) is 0 Å². The Kier molecular flexibility index (Phi) is 5.67. The molecule has 2 aliphatic rings. The van der Waals surface area contributed by atoms with Gasteiger partial charge >= 0.3 is 0 Å². The smallest absolute Gasteiger partial charge is 0.0767 e. The SMILES string of the molecule is CCCC1CCCCN1C1(CN)CCCCC1OC. The van der Waals surface area contributed by atoms with Gasteiger partial charge in [-0.15, -0.1) is 0 Å². The Morgan fingerprint density at radius 1 is 1.21 bits per heavy atom. The lowest BCUT2D eigenvalue weighted by molar-refractivity contribution is -0.102. The van der Waals surface area contributed by atoms with Crippen LogP contribution >= 0.6 is 0 Å². The van der Waals surface area contributed by atoms with E-state index in [1.54, 1.807) is 0 Å². The number of methoxy groups -OCH3 is 1. The predicted molar refractivity (Wildman–Crippen MR) is 80.3 cm³/mol. The maximum Gasteiger partial charge on any atom is 0.0767 e. The van der Waals surface area contributed by atoms with Crippen molar-refractivity contribution in [2.75, 3.05) is 20.2 Å². The van der Waals surface area contributed by atoms with Crippen LogP contribution in [0.2, 0.25) is 0 Å². The number of hydrogen-bond donors (Lipinski definition) is 1. The summed E-state index contributed by atoms with van der Waals surface area (Å²) in [6, 6.07) is 0.734. The Hall–Kier alpha value is -0.120. The summed E-state index contributed by atoms with van der Waals surface area (Å²) in [6.45, 7) is 4.28. The first-order valence-electron chi connectivity index (χ1n) is 8.28. The van der Waals surface area contributed by atoms with E-state index in [2.05, 4.69) is 11.8 Å². The van der Waals surface area contributed by atoms with Crippen LogP contribution in [-0.2, 0) is 4.74 Å². The van der Waals surface area contributed by atoms with Crippen LogP contribution in [0.4, 0.5) is 0 Å². The van der Waals surface area contributed by atoms with Crippen molar-refractivity contribution in [3.63, 3.8) is 0 Å². The second-order valence-electron chi connectivity index (χ2n) is 6.41. The maximum atomic E-state index is 6.27. The summed E-state index contributed by atoms with van der Waals surface area (Å²) < 4.78 is 5.86. The monoisotopic (exact) mass is 268 g/mol. The summed E-state index contributed by atoms with van der Waals surface area (Å²) in [4.78, 5) is 2.76. The van der Waals surface area contributed by atoms with Crippen molar-refractivity contribution in [1.82, 2.24) is 4.90 Å². The number of hydrogen-bond acceptors (Lipinski definition) is 3. The van der Waals surface area contributed by atoms with Crippen molar-refractivity contribution in [2.24, 2.45) is 5.73 Å². The lowest BCUT2D eigenvalue weighted by Crippen LogP contribution is -2.66. The molecule has 0 amide bonds. The van der Waals surface area contributed by atoms with Gasteiger partial charge in [0.2, 0.25) is 0 Å². The van der Waals surface area contributed by atoms with Crippen molar-refractivity contribution in [1.29, 1.82) is 0 Å². The van der Waals surface area contributed by atoms with Crippen LogP contribution in [0.25, 0.3) is 0 Å². The van der Waals surface area contributed by atoms with Gasteiger partial charge in [0, 0.05) is 19.7 Å². The van der Waals surface area contributed by atoms with Crippen LogP contribution in [0.1, 0.15) is 64.7 Å². The molecular weight excluding hydrogens is 236 g/mol. The Bertz CT molecular complexity index is 269. The molecule has 0 aromatic heterocycles. The van der Waals surface area contributed by atoms with Gasteiger partial charge in [0.05, 0.1) is 11.6 Å². The Morgan fingerprint density at radius 3 is 2.68 bits per heavy atom. The topological polar surface area (TPSA) is 38.5 Å². The lowest BCUT2D eigenvalue weighted by Gasteiger charge is -2.54. The molecule has 1 saturated heterocycles. The molecule has 3 unspecified atom stereocenters. The van der Waals surface area contributed by atoms with Crippen LogP contribution < -0.4 is 5.73 Å². The molecule has 3 atom stereocenters. The average Bonchev–Trinajstić information content (AvgIpc) is 2.48. The van der Waals surface area contributed by atoms with Crippen molar-refractivity contribution < 1.29 is 4.74 Å². The molecule has 0 aromatic rings. The van der Waals surface area contributed by atoms with Crippen molar-refractivity contribution in [3.05, 3.63) is 0 Å². The number of likely N-dealkylation sites (tertiary alicyclic amines) is 1. The molecule has 19 heavy (non-hydrogen) atoms. The van der Waals surface area contributed by atoms with Gasteiger partial charge in [0.15, 0.2) is 0 Å². The first-order chi connectivity index (χ1) is 9.28. The van der Waals surface area contributed by atoms with Gasteiger partial charge < -0.3 is 10.5 Å². The second-order valence-corrected chi connectivity index (χ2v) is 6.41. The van der Waals surface area contributed by atoms with E-state index in [0.717, 1.165) is 12.6 Å². The van der Waals surface area contributed by atoms with Gasteiger partial charge in [-0.05, 0) is 38.6 Å². The number of nitrogens with two attached hydrogens (primary N) is 1. The van der Waals surface area contributed by atoms with E-state index in [9.17, 15) is 0 Å². The highest BCUT2D eigenvalue weighted by molar-refractivity contribution is 5.03. The summed E-state index contributed by atoms with van der Waals surface area (Å²) in [5.41, 5.74) is 6.39. The molecule has 1 aliphatic carbocycles. The van der Waals surface area contributed by atoms with E-state index in [-0.39, 0.29) is 5.54 Å². The second kappa shape index (κ2) is 7.05. The largest absolute Gasteiger partial charge is 0.379 e. The zero-order valence-corrected chi connectivity index (χ0v) is 12.9. The fourth-order valence-electron chi connectivity index (χ4n) is 4.43.